The number of sulfonamides is 1. The van der Waals surface area contributed by atoms with Crippen molar-refractivity contribution in [1.82, 2.24) is 10.2 Å². The largest absolute Gasteiger partial charge is 0.324 e. The number of H-pyrrole nitrogens is 1. The summed E-state index contributed by atoms with van der Waals surface area (Å²) in [5.41, 5.74) is 8.04. The fourth-order valence-electron chi connectivity index (χ4n) is 2.12. The fourth-order valence-corrected chi connectivity index (χ4v) is 3.58. The summed E-state index contributed by atoms with van der Waals surface area (Å²) in [4.78, 5) is 0.178. The number of hydrogen-bond donors (Lipinski definition) is 3. The van der Waals surface area contributed by atoms with Gasteiger partial charge in [-0.3, -0.25) is 9.82 Å². The lowest BCUT2D eigenvalue weighted by Crippen LogP contribution is -2.17. The molecule has 4 N–H and O–H groups in total. The van der Waals surface area contributed by atoms with E-state index >= 15 is 0 Å². The lowest BCUT2D eigenvalue weighted by molar-refractivity contribution is 0.600. The number of aryl methyl sites for hydroxylation is 2. The van der Waals surface area contributed by atoms with Crippen molar-refractivity contribution in [3.8, 4) is 0 Å². The summed E-state index contributed by atoms with van der Waals surface area (Å²) in [6, 6.07) is 6.82. The Hall–Kier alpha value is -1.57. The van der Waals surface area contributed by atoms with Gasteiger partial charge in [-0.15, -0.1) is 12.4 Å². The molecule has 6 nitrogen and oxygen atoms in total. The van der Waals surface area contributed by atoms with Gasteiger partial charge in [0, 0.05) is 6.04 Å². The van der Waals surface area contributed by atoms with Crippen LogP contribution in [0.4, 0.5) is 5.69 Å². The summed E-state index contributed by atoms with van der Waals surface area (Å²) in [6.45, 7) is 5.13. The number of benzene rings is 1. The van der Waals surface area contributed by atoms with Crippen LogP contribution in [-0.2, 0) is 10.0 Å². The quantitative estimate of drug-likeness (QED) is 0.800. The van der Waals surface area contributed by atoms with Crippen molar-refractivity contribution in [1.29, 1.82) is 0 Å². The minimum Gasteiger partial charge on any atom is -0.324 e. The zero-order valence-electron chi connectivity index (χ0n) is 12.0. The van der Waals surface area contributed by atoms with Crippen LogP contribution >= 0.6 is 12.4 Å². The van der Waals surface area contributed by atoms with E-state index in [1.54, 1.807) is 32.0 Å². The number of aromatic nitrogens is 2. The van der Waals surface area contributed by atoms with Crippen molar-refractivity contribution in [3.05, 3.63) is 41.2 Å². The minimum atomic E-state index is -3.69. The van der Waals surface area contributed by atoms with E-state index in [0.29, 0.717) is 17.1 Å². The highest BCUT2D eigenvalue weighted by molar-refractivity contribution is 7.92. The Morgan fingerprint density at radius 2 is 1.90 bits per heavy atom. The van der Waals surface area contributed by atoms with E-state index < -0.39 is 10.0 Å². The zero-order valence-corrected chi connectivity index (χ0v) is 13.7. The normalized spacial score (nSPS) is 12.6. The van der Waals surface area contributed by atoms with Gasteiger partial charge in [-0.05, 0) is 32.4 Å². The molecule has 0 saturated heterocycles. The topological polar surface area (TPSA) is 101 Å². The lowest BCUT2D eigenvalue weighted by Gasteiger charge is -2.14. The Balaban J connectivity index is 0.00000220. The fraction of sp³-hybridized carbons (Fsp3) is 0.308. The van der Waals surface area contributed by atoms with Crippen LogP contribution in [-0.4, -0.2) is 18.6 Å². The van der Waals surface area contributed by atoms with E-state index in [1.165, 1.54) is 0 Å². The number of nitrogens with one attached hydrogen (secondary N) is 2. The molecule has 1 unspecified atom stereocenters. The van der Waals surface area contributed by atoms with Gasteiger partial charge in [-0.2, -0.15) is 5.10 Å². The van der Waals surface area contributed by atoms with Crippen molar-refractivity contribution in [2.45, 2.75) is 31.7 Å². The average Bonchev–Trinajstić information content (AvgIpc) is 2.69. The van der Waals surface area contributed by atoms with Crippen molar-refractivity contribution < 1.29 is 8.42 Å². The molecule has 2 aromatic rings. The molecular weight excluding hydrogens is 312 g/mol. The lowest BCUT2D eigenvalue weighted by atomic mass is 10.1. The van der Waals surface area contributed by atoms with Crippen LogP contribution in [0.2, 0.25) is 0 Å². The monoisotopic (exact) mass is 330 g/mol. The second kappa shape index (κ2) is 6.46. The first-order valence-electron chi connectivity index (χ1n) is 6.22. The van der Waals surface area contributed by atoms with Gasteiger partial charge in [-0.25, -0.2) is 8.42 Å². The maximum atomic E-state index is 12.5. The molecule has 0 radical (unpaired) electrons. The van der Waals surface area contributed by atoms with Crippen LogP contribution in [0.25, 0.3) is 0 Å². The number of para-hydroxylation sites is 1. The molecule has 0 aliphatic rings. The maximum absolute atomic E-state index is 12.5. The highest BCUT2D eigenvalue weighted by atomic mass is 35.5. The second-order valence-electron chi connectivity index (χ2n) is 4.74. The van der Waals surface area contributed by atoms with Gasteiger partial charge >= 0.3 is 0 Å². The highest BCUT2D eigenvalue weighted by Crippen LogP contribution is 2.25. The number of hydrogen-bond acceptors (Lipinski definition) is 4. The highest BCUT2D eigenvalue weighted by Gasteiger charge is 2.23. The Kier molecular flexibility index (Phi) is 5.38. The molecular formula is C13H19ClN4O2S. The molecule has 116 valence electrons. The van der Waals surface area contributed by atoms with Crippen LogP contribution < -0.4 is 10.5 Å². The van der Waals surface area contributed by atoms with E-state index in [1.807, 2.05) is 13.0 Å². The molecule has 1 aromatic carbocycles. The molecule has 1 atom stereocenters. The van der Waals surface area contributed by atoms with Crippen molar-refractivity contribution in [3.63, 3.8) is 0 Å². The minimum absolute atomic E-state index is 0. The van der Waals surface area contributed by atoms with E-state index in [-0.39, 0.29) is 23.3 Å². The van der Waals surface area contributed by atoms with Gasteiger partial charge in [0.05, 0.1) is 17.1 Å². The first kappa shape index (κ1) is 17.5. The number of anilines is 1. The average molecular weight is 331 g/mol. The third-order valence-electron chi connectivity index (χ3n) is 3.02. The van der Waals surface area contributed by atoms with Gasteiger partial charge < -0.3 is 5.73 Å². The summed E-state index contributed by atoms with van der Waals surface area (Å²) in [5.74, 6) is 0. The number of aromatic amines is 1. The van der Waals surface area contributed by atoms with Crippen molar-refractivity contribution >= 4 is 28.1 Å². The molecule has 8 heteroatoms. The van der Waals surface area contributed by atoms with E-state index in [4.69, 9.17) is 5.73 Å². The molecule has 0 saturated carbocycles. The van der Waals surface area contributed by atoms with Crippen LogP contribution in [0.5, 0.6) is 0 Å². The van der Waals surface area contributed by atoms with Gasteiger partial charge in [0.1, 0.15) is 4.90 Å². The van der Waals surface area contributed by atoms with Crippen molar-refractivity contribution in [2.24, 2.45) is 5.73 Å². The number of nitrogens with two attached hydrogens (primary N) is 1. The standard InChI is InChI=1S/C13H18N4O2S.ClH/c1-8(14)11-6-4-5-7-12(11)17-20(18,19)13-9(2)15-16-10(13)3;/h4-8,17H,14H2,1-3H3,(H,15,16);1H. The van der Waals surface area contributed by atoms with Crippen molar-refractivity contribution in [2.75, 3.05) is 4.72 Å². The molecule has 0 bridgehead atoms. The molecule has 0 aliphatic carbocycles. The summed E-state index contributed by atoms with van der Waals surface area (Å²) < 4.78 is 27.5. The summed E-state index contributed by atoms with van der Waals surface area (Å²) >= 11 is 0. The Bertz CT molecular complexity index is 706. The molecule has 21 heavy (non-hydrogen) atoms. The molecule has 0 amide bonds. The molecule has 1 heterocycles. The van der Waals surface area contributed by atoms with Gasteiger partial charge in [0.15, 0.2) is 0 Å². The van der Waals surface area contributed by atoms with Gasteiger partial charge in [0.25, 0.3) is 10.0 Å². The van der Waals surface area contributed by atoms with E-state index in [2.05, 4.69) is 14.9 Å². The smallest absolute Gasteiger partial charge is 0.265 e. The molecule has 2 rings (SSSR count). The Morgan fingerprint density at radius 3 is 2.43 bits per heavy atom. The summed E-state index contributed by atoms with van der Waals surface area (Å²) in [5, 5.41) is 6.59. The zero-order chi connectivity index (χ0) is 14.9. The molecule has 1 aromatic heterocycles. The number of rotatable bonds is 4. The third-order valence-corrected chi connectivity index (χ3v) is 4.65. The van der Waals surface area contributed by atoms with Crippen LogP contribution in [0.15, 0.2) is 29.2 Å². The first-order chi connectivity index (χ1) is 9.33. The Morgan fingerprint density at radius 1 is 1.29 bits per heavy atom. The number of nitrogens with zero attached hydrogens (tertiary/aromatic N) is 1. The Labute approximate surface area is 130 Å². The summed E-state index contributed by atoms with van der Waals surface area (Å²) in [7, 11) is -3.69. The SMILES string of the molecule is Cc1n[nH]c(C)c1S(=O)(=O)Nc1ccccc1C(C)N.Cl. The predicted octanol–water partition coefficient (Wildman–Crippen LogP) is 2.27. The van der Waals surface area contributed by atoms with E-state index in [9.17, 15) is 8.42 Å². The van der Waals surface area contributed by atoms with E-state index in [0.717, 1.165) is 5.56 Å². The molecule has 0 aliphatic heterocycles. The van der Waals surface area contributed by atoms with Gasteiger partial charge in [-0.1, -0.05) is 18.2 Å². The first-order valence-corrected chi connectivity index (χ1v) is 7.70. The van der Waals surface area contributed by atoms with Crippen LogP contribution in [0.1, 0.15) is 29.9 Å². The second-order valence-corrected chi connectivity index (χ2v) is 6.36. The maximum Gasteiger partial charge on any atom is 0.265 e. The molecule has 0 spiro atoms. The summed E-state index contributed by atoms with van der Waals surface area (Å²) in [6.07, 6.45) is 0. The predicted molar refractivity (Wildman–Crippen MR) is 85.2 cm³/mol. The van der Waals surface area contributed by atoms with Crippen LogP contribution in [0.3, 0.4) is 0 Å². The third kappa shape index (κ3) is 3.55. The molecule has 0 fully saturated rings. The number of halogens is 1. The van der Waals surface area contributed by atoms with Crippen LogP contribution in [0, 0.1) is 13.8 Å². The van der Waals surface area contributed by atoms with Gasteiger partial charge in [0.2, 0.25) is 0 Å².